The van der Waals surface area contributed by atoms with Crippen molar-refractivity contribution < 1.29 is 4.74 Å². The Labute approximate surface area is 91.6 Å². The summed E-state index contributed by atoms with van der Waals surface area (Å²) < 4.78 is 6.24. The van der Waals surface area contributed by atoms with Crippen LogP contribution in [-0.2, 0) is 0 Å². The predicted octanol–water partition coefficient (Wildman–Crippen LogP) is 2.71. The molecule has 0 bridgehead atoms. The van der Waals surface area contributed by atoms with Crippen LogP contribution < -0.4 is 10.5 Å². The number of rotatable bonds is 3. The molecule has 0 amide bonds. The minimum absolute atomic E-state index is 0.423. The van der Waals surface area contributed by atoms with E-state index in [-0.39, 0.29) is 0 Å². The van der Waals surface area contributed by atoms with E-state index in [1.165, 1.54) is 0 Å². The van der Waals surface area contributed by atoms with E-state index in [0.717, 1.165) is 4.47 Å². The first kappa shape index (κ1) is 10.9. The molecule has 0 saturated heterocycles. The molecule has 14 heavy (non-hydrogen) atoms. The van der Waals surface area contributed by atoms with Crippen LogP contribution in [-0.4, -0.2) is 6.10 Å². The van der Waals surface area contributed by atoms with Crippen LogP contribution in [0.5, 0.6) is 5.75 Å². The Bertz CT molecular complexity index is 360. The van der Waals surface area contributed by atoms with Gasteiger partial charge >= 0.3 is 0 Å². The van der Waals surface area contributed by atoms with Gasteiger partial charge in [-0.1, -0.05) is 6.92 Å². The van der Waals surface area contributed by atoms with Gasteiger partial charge < -0.3 is 10.5 Å². The van der Waals surface area contributed by atoms with E-state index < -0.39 is 6.10 Å². The molecular formula is C10H11BrN2O. The monoisotopic (exact) mass is 254 g/mol. The third-order valence-electron chi connectivity index (χ3n) is 1.74. The van der Waals surface area contributed by atoms with Gasteiger partial charge in [0.25, 0.3) is 0 Å². The first-order valence-corrected chi connectivity index (χ1v) is 5.08. The summed E-state index contributed by atoms with van der Waals surface area (Å²) in [5.41, 5.74) is 6.22. The number of nitriles is 1. The first-order valence-electron chi connectivity index (χ1n) is 4.28. The van der Waals surface area contributed by atoms with Crippen LogP contribution in [0.4, 0.5) is 5.69 Å². The van der Waals surface area contributed by atoms with Crippen LogP contribution in [0.15, 0.2) is 22.7 Å². The van der Waals surface area contributed by atoms with Crippen molar-refractivity contribution in [1.82, 2.24) is 0 Å². The second kappa shape index (κ2) is 4.87. The Morgan fingerprint density at radius 2 is 2.36 bits per heavy atom. The van der Waals surface area contributed by atoms with Gasteiger partial charge in [-0.3, -0.25) is 0 Å². The van der Waals surface area contributed by atoms with Crippen molar-refractivity contribution in [3.05, 3.63) is 22.7 Å². The summed E-state index contributed by atoms with van der Waals surface area (Å²) in [6.45, 7) is 1.90. The number of nitrogens with two attached hydrogens (primary N) is 1. The molecule has 0 aromatic heterocycles. The molecule has 0 heterocycles. The first-order chi connectivity index (χ1) is 6.67. The normalized spacial score (nSPS) is 11.8. The molecule has 1 atom stereocenters. The highest BCUT2D eigenvalue weighted by Crippen LogP contribution is 2.28. The van der Waals surface area contributed by atoms with Gasteiger partial charge in [-0.15, -0.1) is 0 Å². The molecule has 0 aliphatic heterocycles. The molecule has 1 aromatic carbocycles. The molecule has 2 N–H and O–H groups in total. The number of halogens is 1. The van der Waals surface area contributed by atoms with Crippen molar-refractivity contribution in [3.63, 3.8) is 0 Å². The Morgan fingerprint density at radius 3 is 2.93 bits per heavy atom. The molecule has 0 aliphatic rings. The lowest BCUT2D eigenvalue weighted by molar-refractivity contribution is 0.250. The SMILES string of the molecule is CCC(C#N)Oc1cc(N)ccc1Br. The summed E-state index contributed by atoms with van der Waals surface area (Å²) in [5.74, 6) is 0.610. The van der Waals surface area contributed by atoms with E-state index in [1.54, 1.807) is 18.2 Å². The Balaban J connectivity index is 2.86. The smallest absolute Gasteiger partial charge is 0.184 e. The molecule has 0 spiro atoms. The maximum absolute atomic E-state index is 8.73. The molecule has 1 rings (SSSR count). The van der Waals surface area contributed by atoms with E-state index in [0.29, 0.717) is 17.9 Å². The van der Waals surface area contributed by atoms with Crippen molar-refractivity contribution >= 4 is 21.6 Å². The third-order valence-corrected chi connectivity index (χ3v) is 2.39. The van der Waals surface area contributed by atoms with Crippen LogP contribution in [0.2, 0.25) is 0 Å². The number of anilines is 1. The fourth-order valence-corrected chi connectivity index (χ4v) is 1.30. The van der Waals surface area contributed by atoms with Gasteiger partial charge in [0, 0.05) is 11.8 Å². The number of nitrogens with zero attached hydrogens (tertiary/aromatic N) is 1. The summed E-state index contributed by atoms with van der Waals surface area (Å²) >= 11 is 3.33. The standard InChI is InChI=1S/C10H11BrN2O/c1-2-8(6-12)14-10-5-7(13)3-4-9(10)11/h3-5,8H,2,13H2,1H3. The minimum Gasteiger partial charge on any atom is -0.474 e. The number of hydrogen-bond acceptors (Lipinski definition) is 3. The average Bonchev–Trinajstić information content (AvgIpc) is 2.19. The van der Waals surface area contributed by atoms with Crippen LogP contribution in [0.25, 0.3) is 0 Å². The lowest BCUT2D eigenvalue weighted by Gasteiger charge is -2.12. The molecule has 1 aromatic rings. The second-order valence-electron chi connectivity index (χ2n) is 2.83. The van der Waals surface area contributed by atoms with Crippen LogP contribution in [0, 0.1) is 11.3 Å². The van der Waals surface area contributed by atoms with E-state index in [2.05, 4.69) is 22.0 Å². The Morgan fingerprint density at radius 1 is 1.64 bits per heavy atom. The molecule has 4 heteroatoms. The fourth-order valence-electron chi connectivity index (χ4n) is 0.965. The fraction of sp³-hybridized carbons (Fsp3) is 0.300. The van der Waals surface area contributed by atoms with Gasteiger partial charge in [0.1, 0.15) is 11.8 Å². The summed E-state index contributed by atoms with van der Waals surface area (Å²) in [6.07, 6.45) is 0.227. The van der Waals surface area contributed by atoms with Gasteiger partial charge in [0.15, 0.2) is 6.10 Å². The van der Waals surface area contributed by atoms with E-state index >= 15 is 0 Å². The molecule has 1 unspecified atom stereocenters. The zero-order valence-corrected chi connectivity index (χ0v) is 9.41. The van der Waals surface area contributed by atoms with Crippen LogP contribution in [0.3, 0.4) is 0 Å². The number of nitrogen functional groups attached to an aromatic ring is 1. The quantitative estimate of drug-likeness (QED) is 0.844. The summed E-state index contributed by atoms with van der Waals surface area (Å²) in [5, 5.41) is 8.73. The van der Waals surface area contributed by atoms with Crippen molar-refractivity contribution in [2.75, 3.05) is 5.73 Å². The van der Waals surface area contributed by atoms with Crippen molar-refractivity contribution in [1.29, 1.82) is 5.26 Å². The molecule has 0 aliphatic carbocycles. The molecule has 0 saturated carbocycles. The van der Waals surface area contributed by atoms with Gasteiger partial charge in [-0.2, -0.15) is 5.26 Å². The second-order valence-corrected chi connectivity index (χ2v) is 3.69. The highest BCUT2D eigenvalue weighted by molar-refractivity contribution is 9.10. The highest BCUT2D eigenvalue weighted by atomic mass is 79.9. The van der Waals surface area contributed by atoms with Gasteiger partial charge in [-0.25, -0.2) is 0 Å². The van der Waals surface area contributed by atoms with Crippen LogP contribution >= 0.6 is 15.9 Å². The molecular weight excluding hydrogens is 244 g/mol. The number of ether oxygens (including phenoxy) is 1. The molecule has 74 valence electrons. The largest absolute Gasteiger partial charge is 0.474 e. The Kier molecular flexibility index (Phi) is 3.78. The van der Waals surface area contributed by atoms with E-state index in [4.69, 9.17) is 15.7 Å². The van der Waals surface area contributed by atoms with E-state index in [1.807, 2.05) is 6.92 Å². The number of hydrogen-bond donors (Lipinski definition) is 1. The third kappa shape index (κ3) is 2.64. The molecule has 0 fully saturated rings. The summed E-state index contributed by atoms with van der Waals surface area (Å²) in [6, 6.07) is 7.33. The van der Waals surface area contributed by atoms with Crippen molar-refractivity contribution in [2.24, 2.45) is 0 Å². The Hall–Kier alpha value is -1.21. The lowest BCUT2D eigenvalue weighted by atomic mass is 10.3. The zero-order chi connectivity index (χ0) is 10.6. The lowest BCUT2D eigenvalue weighted by Crippen LogP contribution is -2.12. The molecule has 0 radical (unpaired) electrons. The topological polar surface area (TPSA) is 59.0 Å². The van der Waals surface area contributed by atoms with Gasteiger partial charge in [0.2, 0.25) is 0 Å². The van der Waals surface area contributed by atoms with Crippen LogP contribution in [0.1, 0.15) is 13.3 Å². The summed E-state index contributed by atoms with van der Waals surface area (Å²) in [7, 11) is 0. The zero-order valence-electron chi connectivity index (χ0n) is 7.83. The van der Waals surface area contributed by atoms with E-state index in [9.17, 15) is 0 Å². The van der Waals surface area contributed by atoms with Gasteiger partial charge in [-0.05, 0) is 34.5 Å². The maximum Gasteiger partial charge on any atom is 0.184 e. The number of benzene rings is 1. The predicted molar refractivity (Wildman–Crippen MR) is 58.9 cm³/mol. The molecule has 3 nitrogen and oxygen atoms in total. The van der Waals surface area contributed by atoms with Crippen molar-refractivity contribution in [3.8, 4) is 11.8 Å². The highest BCUT2D eigenvalue weighted by Gasteiger charge is 2.08. The minimum atomic E-state index is -0.423. The average molecular weight is 255 g/mol. The van der Waals surface area contributed by atoms with Crippen molar-refractivity contribution in [2.45, 2.75) is 19.4 Å². The van der Waals surface area contributed by atoms with Gasteiger partial charge in [0.05, 0.1) is 4.47 Å². The maximum atomic E-state index is 8.73. The summed E-state index contributed by atoms with van der Waals surface area (Å²) in [4.78, 5) is 0.